The van der Waals surface area contributed by atoms with Gasteiger partial charge in [-0.2, -0.15) is 13.2 Å². The first-order valence-electron chi connectivity index (χ1n) is 12.3. The number of nitrogens with two attached hydrogens (primary N) is 1. The van der Waals surface area contributed by atoms with Crippen LogP contribution >= 0.6 is 7.82 Å². The summed E-state index contributed by atoms with van der Waals surface area (Å²) in [5.74, 6) is -6.17. The number of nitrogens with zero attached hydrogens (tertiary/aromatic N) is 4. The van der Waals surface area contributed by atoms with E-state index in [4.69, 9.17) is 25.0 Å². The predicted octanol–water partition coefficient (Wildman–Crippen LogP) is 2.97. The molecule has 0 spiro atoms. The number of alkyl halides is 3. The van der Waals surface area contributed by atoms with Crippen molar-refractivity contribution >= 4 is 25.5 Å². The number of rotatable bonds is 6. The summed E-state index contributed by atoms with van der Waals surface area (Å²) in [5.41, 5.74) is 6.01. The molecular formula is C25H26F6N5O6P. The van der Waals surface area contributed by atoms with Gasteiger partial charge in [0.15, 0.2) is 17.5 Å². The lowest BCUT2D eigenvalue weighted by atomic mass is 10.0. The summed E-state index contributed by atoms with van der Waals surface area (Å²) in [7, 11) is -3.34. The highest BCUT2D eigenvalue weighted by Gasteiger charge is 2.42. The minimum atomic E-state index is -4.80. The Labute approximate surface area is 240 Å². The van der Waals surface area contributed by atoms with Gasteiger partial charge in [0.25, 0.3) is 5.91 Å². The number of hydrogen-bond acceptors (Lipinski definition) is 5. The second-order valence-corrected chi connectivity index (χ2v) is 10.5. The Morgan fingerprint density at radius 1 is 1.05 bits per heavy atom. The topological polar surface area (TPSA) is 162 Å². The second-order valence-electron chi connectivity index (χ2n) is 9.44. The van der Waals surface area contributed by atoms with Gasteiger partial charge in [0.2, 0.25) is 11.7 Å². The molecule has 5 N–H and O–H groups in total. The fourth-order valence-electron chi connectivity index (χ4n) is 4.35. The molecule has 1 aromatic heterocycles. The van der Waals surface area contributed by atoms with Gasteiger partial charge in [-0.15, -0.1) is 0 Å². The molecule has 11 nitrogen and oxygen atoms in total. The van der Waals surface area contributed by atoms with Crippen molar-refractivity contribution in [1.82, 2.24) is 14.5 Å². The van der Waals surface area contributed by atoms with E-state index in [2.05, 4.69) is 4.98 Å². The van der Waals surface area contributed by atoms with E-state index in [0.717, 1.165) is 9.47 Å². The van der Waals surface area contributed by atoms with Gasteiger partial charge in [-0.3, -0.25) is 14.5 Å². The molecule has 0 saturated heterocycles. The normalized spacial score (nSPS) is 14.0. The van der Waals surface area contributed by atoms with Crippen molar-refractivity contribution < 1.29 is 55.2 Å². The number of imidazole rings is 1. The van der Waals surface area contributed by atoms with Gasteiger partial charge in [0.05, 0.1) is 12.2 Å². The summed E-state index contributed by atoms with van der Waals surface area (Å²) in [4.78, 5) is 53.4. The van der Waals surface area contributed by atoms with Crippen molar-refractivity contribution in [1.29, 1.82) is 0 Å². The van der Waals surface area contributed by atoms with E-state index < -0.39 is 55.1 Å². The summed E-state index contributed by atoms with van der Waals surface area (Å²) in [6.45, 7) is -0.605. The predicted molar refractivity (Wildman–Crippen MR) is 139 cm³/mol. The zero-order chi connectivity index (χ0) is 32.3. The molecule has 2 heterocycles. The van der Waals surface area contributed by atoms with Gasteiger partial charge in [0.1, 0.15) is 5.82 Å². The number of hydrogen-bond donors (Lipinski definition) is 4. The molecule has 1 aliphatic rings. The average molecular weight is 637 g/mol. The summed E-state index contributed by atoms with van der Waals surface area (Å²) >= 11 is 0. The highest BCUT2D eigenvalue weighted by Crippen LogP contribution is 2.35. The van der Waals surface area contributed by atoms with E-state index in [1.165, 1.54) is 24.1 Å². The Balaban J connectivity index is 0.000000934. The molecule has 0 bridgehead atoms. The highest BCUT2D eigenvalue weighted by molar-refractivity contribution is 7.45. The van der Waals surface area contributed by atoms with Gasteiger partial charge >= 0.3 is 14.0 Å². The first-order valence-corrected chi connectivity index (χ1v) is 13.9. The van der Waals surface area contributed by atoms with Gasteiger partial charge in [-0.1, -0.05) is 18.2 Å². The number of aromatic nitrogens is 2. The highest BCUT2D eigenvalue weighted by atomic mass is 31.2. The summed E-state index contributed by atoms with van der Waals surface area (Å²) < 4.78 is 91.6. The van der Waals surface area contributed by atoms with E-state index >= 15 is 0 Å². The third kappa shape index (κ3) is 8.87. The van der Waals surface area contributed by atoms with Gasteiger partial charge in [-0.05, 0) is 30.2 Å². The maximum absolute atomic E-state index is 14.0. The van der Waals surface area contributed by atoms with Crippen molar-refractivity contribution in [3.8, 4) is 0 Å². The number of benzene rings is 2. The molecule has 1 aliphatic heterocycles. The van der Waals surface area contributed by atoms with Crippen molar-refractivity contribution in [3.05, 3.63) is 82.6 Å². The van der Waals surface area contributed by atoms with Crippen LogP contribution in [0.25, 0.3) is 0 Å². The molecule has 2 aromatic carbocycles. The van der Waals surface area contributed by atoms with Crippen LogP contribution in [-0.2, 0) is 35.0 Å². The van der Waals surface area contributed by atoms with E-state index in [9.17, 15) is 35.9 Å². The molecule has 0 aliphatic carbocycles. The number of carbonyl (C=O) groups excluding carboxylic acids is 2. The van der Waals surface area contributed by atoms with Crippen LogP contribution in [0.1, 0.15) is 33.9 Å². The van der Waals surface area contributed by atoms with Crippen LogP contribution < -0.4 is 10.6 Å². The van der Waals surface area contributed by atoms with Gasteiger partial charge < -0.3 is 29.9 Å². The Bertz CT molecular complexity index is 1520. The second kappa shape index (κ2) is 13.3. The fraction of sp³-hybridized carbons (Fsp3) is 0.320. The molecule has 2 amide bonds. The summed E-state index contributed by atoms with van der Waals surface area (Å²) in [6.07, 6.45) is -5.39. The smallest absolute Gasteiger partial charge is 0.335 e. The van der Waals surface area contributed by atoms with Crippen LogP contribution in [0.2, 0.25) is 0 Å². The minimum absolute atomic E-state index is 0.0175. The Morgan fingerprint density at radius 2 is 1.63 bits per heavy atom. The fourth-order valence-corrected chi connectivity index (χ4v) is 4.35. The first-order chi connectivity index (χ1) is 19.9. The average Bonchev–Trinajstić information content (AvgIpc) is 3.30. The van der Waals surface area contributed by atoms with Crippen LogP contribution in [-0.4, -0.2) is 60.6 Å². The van der Waals surface area contributed by atoms with Crippen LogP contribution in [0.15, 0.2) is 42.5 Å². The van der Waals surface area contributed by atoms with E-state index in [0.29, 0.717) is 12.1 Å². The zero-order valence-corrected chi connectivity index (χ0v) is 23.2. The maximum Gasteiger partial charge on any atom is 0.466 e. The molecular weight excluding hydrogens is 611 g/mol. The third-order valence-corrected chi connectivity index (χ3v) is 6.24. The van der Waals surface area contributed by atoms with Crippen LogP contribution in [0.5, 0.6) is 0 Å². The van der Waals surface area contributed by atoms with Crippen molar-refractivity contribution in [2.24, 2.45) is 5.73 Å². The molecule has 1 atom stereocenters. The quantitative estimate of drug-likeness (QED) is 0.182. The van der Waals surface area contributed by atoms with Gasteiger partial charge in [-0.25, -0.2) is 22.7 Å². The van der Waals surface area contributed by atoms with E-state index in [1.807, 2.05) is 0 Å². The number of fused-ring (bicyclic) bond motifs is 1. The molecule has 4 rings (SSSR count). The molecule has 0 radical (unpaired) electrons. The molecule has 43 heavy (non-hydrogen) atoms. The monoisotopic (exact) mass is 637 g/mol. The number of phosphoric acid groups is 1. The van der Waals surface area contributed by atoms with Crippen molar-refractivity contribution in [2.75, 3.05) is 18.5 Å². The molecule has 3 aromatic rings. The maximum atomic E-state index is 14.0. The lowest BCUT2D eigenvalue weighted by molar-refractivity contribution is -0.148. The van der Waals surface area contributed by atoms with Gasteiger partial charge in [0, 0.05) is 44.2 Å². The largest absolute Gasteiger partial charge is 0.466 e. The minimum Gasteiger partial charge on any atom is -0.335 e. The SMILES string of the molecule is CN(C(=O)c1ccccc1)c1nc(C(F)(F)F)n2c1CN(C(=O)C[C@H](N)Cc1cc(F)c(F)cc1F)CC2.O=P(O)(O)O. The number of amides is 2. The Hall–Kier alpha value is -3.76. The number of carbonyl (C=O) groups is 2. The van der Waals surface area contributed by atoms with Crippen LogP contribution in [0.4, 0.5) is 32.2 Å². The Morgan fingerprint density at radius 3 is 2.21 bits per heavy atom. The lowest BCUT2D eigenvalue weighted by Gasteiger charge is -2.31. The van der Waals surface area contributed by atoms with Crippen LogP contribution in [0, 0.1) is 17.5 Å². The molecule has 0 fully saturated rings. The number of anilines is 1. The lowest BCUT2D eigenvalue weighted by Crippen LogP contribution is -2.42. The van der Waals surface area contributed by atoms with E-state index in [-0.39, 0.29) is 55.1 Å². The molecule has 0 unspecified atom stereocenters. The summed E-state index contributed by atoms with van der Waals surface area (Å²) in [6, 6.07) is 8.02. The van der Waals surface area contributed by atoms with Crippen LogP contribution in [0.3, 0.4) is 0 Å². The zero-order valence-electron chi connectivity index (χ0n) is 22.3. The number of halogens is 6. The molecule has 234 valence electrons. The van der Waals surface area contributed by atoms with Crippen molar-refractivity contribution in [2.45, 2.75) is 38.1 Å². The molecule has 0 saturated carbocycles. The van der Waals surface area contributed by atoms with Crippen molar-refractivity contribution in [3.63, 3.8) is 0 Å². The van der Waals surface area contributed by atoms with E-state index in [1.54, 1.807) is 18.2 Å². The molecule has 18 heteroatoms. The first kappa shape index (κ1) is 33.7. The standard InChI is InChI=1S/C25H23F6N5O2.H3O4P/c1-34(23(38)14-5-3-2-4-6-14)22-20-13-35(7-8-36(20)24(33-22)25(29,30)31)21(37)11-16(32)9-15-10-18(27)19(28)12-17(15)26;1-5(2,3)4/h2-6,10,12,16H,7-9,11,13,32H2,1H3;(H3,1,2,3,4)/t16-;/m1./s1. The Kier molecular flexibility index (Phi) is 10.4. The summed E-state index contributed by atoms with van der Waals surface area (Å²) in [5, 5.41) is 0. The third-order valence-electron chi connectivity index (χ3n) is 6.24.